The lowest BCUT2D eigenvalue weighted by Crippen LogP contribution is -2.19. The lowest BCUT2D eigenvalue weighted by atomic mass is 10.1. The van der Waals surface area contributed by atoms with Gasteiger partial charge in [-0.1, -0.05) is 12.1 Å². The van der Waals surface area contributed by atoms with Crippen LogP contribution in [0.4, 0.5) is 13.2 Å². The molecule has 1 N–H and O–H groups in total. The SMILES string of the molecule is CNC(=O)/C(C#N)=C\c1ccc(C(F)(F)F)cc1. The molecule has 0 radical (unpaired) electrons. The highest BCUT2D eigenvalue weighted by molar-refractivity contribution is 6.01. The van der Waals surface area contributed by atoms with Crippen LogP contribution in [-0.2, 0) is 11.0 Å². The van der Waals surface area contributed by atoms with Gasteiger partial charge in [0.2, 0.25) is 0 Å². The summed E-state index contributed by atoms with van der Waals surface area (Å²) in [7, 11) is 1.36. The minimum Gasteiger partial charge on any atom is -0.354 e. The molecular weight excluding hydrogens is 245 g/mol. The van der Waals surface area contributed by atoms with Crippen molar-refractivity contribution in [3.63, 3.8) is 0 Å². The molecule has 3 nitrogen and oxygen atoms in total. The summed E-state index contributed by atoms with van der Waals surface area (Å²) in [5, 5.41) is 11.0. The largest absolute Gasteiger partial charge is 0.416 e. The highest BCUT2D eigenvalue weighted by atomic mass is 19.4. The molecule has 0 aliphatic carbocycles. The topological polar surface area (TPSA) is 52.9 Å². The van der Waals surface area contributed by atoms with E-state index in [2.05, 4.69) is 5.32 Å². The number of nitrogens with one attached hydrogen (secondary N) is 1. The van der Waals surface area contributed by atoms with Crippen LogP contribution in [0, 0.1) is 11.3 Å². The number of rotatable bonds is 2. The first-order valence-corrected chi connectivity index (χ1v) is 4.89. The predicted octanol–water partition coefficient (Wildman–Crippen LogP) is 2.36. The highest BCUT2D eigenvalue weighted by Crippen LogP contribution is 2.29. The van der Waals surface area contributed by atoms with Crippen LogP contribution in [0.25, 0.3) is 6.08 Å². The average Bonchev–Trinajstić information content (AvgIpc) is 2.34. The third-order valence-corrected chi connectivity index (χ3v) is 2.14. The fourth-order valence-corrected chi connectivity index (χ4v) is 1.22. The van der Waals surface area contributed by atoms with Crippen molar-refractivity contribution in [1.82, 2.24) is 5.32 Å². The van der Waals surface area contributed by atoms with E-state index in [9.17, 15) is 18.0 Å². The van der Waals surface area contributed by atoms with Crippen LogP contribution in [0.2, 0.25) is 0 Å². The molecule has 0 heterocycles. The smallest absolute Gasteiger partial charge is 0.354 e. The monoisotopic (exact) mass is 254 g/mol. The van der Waals surface area contributed by atoms with Gasteiger partial charge in [0.25, 0.3) is 5.91 Å². The standard InChI is InChI=1S/C12H9F3N2O/c1-17-11(18)9(7-16)6-8-2-4-10(5-3-8)12(13,14)15/h2-6H,1H3,(H,17,18)/b9-6-. The highest BCUT2D eigenvalue weighted by Gasteiger charge is 2.29. The Morgan fingerprint density at radius 2 is 1.89 bits per heavy atom. The summed E-state index contributed by atoms with van der Waals surface area (Å²) < 4.78 is 36.9. The zero-order valence-electron chi connectivity index (χ0n) is 9.38. The molecule has 0 fully saturated rings. The van der Waals surface area contributed by atoms with Crippen molar-refractivity contribution in [2.24, 2.45) is 0 Å². The summed E-state index contributed by atoms with van der Waals surface area (Å²) in [6, 6.07) is 5.86. The Hall–Kier alpha value is -2.29. The maximum Gasteiger partial charge on any atom is 0.416 e. The van der Waals surface area contributed by atoms with E-state index >= 15 is 0 Å². The minimum absolute atomic E-state index is 0.169. The molecule has 0 aliphatic rings. The molecular formula is C12H9F3N2O. The van der Waals surface area contributed by atoms with Crippen molar-refractivity contribution in [2.75, 3.05) is 7.05 Å². The molecule has 1 rings (SSSR count). The van der Waals surface area contributed by atoms with Crippen LogP contribution in [0.1, 0.15) is 11.1 Å². The first-order valence-electron chi connectivity index (χ1n) is 4.89. The predicted molar refractivity (Wildman–Crippen MR) is 59.1 cm³/mol. The fraction of sp³-hybridized carbons (Fsp3) is 0.167. The molecule has 18 heavy (non-hydrogen) atoms. The Kier molecular flexibility index (Phi) is 4.10. The number of hydrogen-bond acceptors (Lipinski definition) is 2. The number of hydrogen-bond donors (Lipinski definition) is 1. The summed E-state index contributed by atoms with van der Waals surface area (Å²) in [5.74, 6) is -0.586. The third-order valence-electron chi connectivity index (χ3n) is 2.14. The summed E-state index contributed by atoms with van der Waals surface area (Å²) >= 11 is 0. The van der Waals surface area contributed by atoms with Gasteiger partial charge in [0.1, 0.15) is 11.6 Å². The quantitative estimate of drug-likeness (QED) is 0.650. The molecule has 0 aromatic heterocycles. The van der Waals surface area contributed by atoms with Gasteiger partial charge in [-0.2, -0.15) is 18.4 Å². The van der Waals surface area contributed by atoms with E-state index in [1.54, 1.807) is 6.07 Å². The van der Waals surface area contributed by atoms with Crippen LogP contribution in [-0.4, -0.2) is 13.0 Å². The molecule has 1 aromatic carbocycles. The maximum atomic E-state index is 12.3. The van der Waals surface area contributed by atoms with Gasteiger partial charge < -0.3 is 5.32 Å². The Morgan fingerprint density at radius 3 is 2.28 bits per heavy atom. The van der Waals surface area contributed by atoms with Crippen LogP contribution < -0.4 is 5.32 Å². The Labute approximate surface area is 102 Å². The second-order valence-electron chi connectivity index (χ2n) is 3.37. The Bertz CT molecular complexity index is 510. The van der Waals surface area contributed by atoms with Crippen molar-refractivity contribution >= 4 is 12.0 Å². The fourth-order valence-electron chi connectivity index (χ4n) is 1.22. The number of nitriles is 1. The molecule has 0 atom stereocenters. The number of halogens is 3. The molecule has 0 bridgehead atoms. The van der Waals surface area contributed by atoms with Gasteiger partial charge in [0, 0.05) is 7.05 Å². The molecule has 0 unspecified atom stereocenters. The summed E-state index contributed by atoms with van der Waals surface area (Å²) in [6.07, 6.45) is -3.18. The lowest BCUT2D eigenvalue weighted by molar-refractivity contribution is -0.137. The molecule has 94 valence electrons. The van der Waals surface area contributed by atoms with Crippen LogP contribution >= 0.6 is 0 Å². The minimum atomic E-state index is -4.40. The first-order chi connectivity index (χ1) is 8.38. The van der Waals surface area contributed by atoms with Gasteiger partial charge in [-0.3, -0.25) is 4.79 Å². The normalized spacial score (nSPS) is 11.8. The van der Waals surface area contributed by atoms with Crippen molar-refractivity contribution in [1.29, 1.82) is 5.26 Å². The van der Waals surface area contributed by atoms with Gasteiger partial charge in [-0.25, -0.2) is 0 Å². The van der Waals surface area contributed by atoms with E-state index in [-0.39, 0.29) is 5.57 Å². The van der Waals surface area contributed by atoms with Crippen molar-refractivity contribution in [3.8, 4) is 6.07 Å². The van der Waals surface area contributed by atoms with Crippen LogP contribution in [0.15, 0.2) is 29.8 Å². The molecule has 0 saturated carbocycles. The zero-order valence-corrected chi connectivity index (χ0v) is 9.38. The molecule has 1 amide bonds. The molecule has 0 saturated heterocycles. The third kappa shape index (κ3) is 3.35. The average molecular weight is 254 g/mol. The van der Waals surface area contributed by atoms with Crippen LogP contribution in [0.3, 0.4) is 0 Å². The van der Waals surface area contributed by atoms with Gasteiger partial charge >= 0.3 is 6.18 Å². The van der Waals surface area contributed by atoms with Crippen molar-refractivity contribution in [3.05, 3.63) is 41.0 Å². The number of amides is 1. The van der Waals surface area contributed by atoms with Crippen LogP contribution in [0.5, 0.6) is 0 Å². The van der Waals surface area contributed by atoms with E-state index in [0.29, 0.717) is 5.56 Å². The van der Waals surface area contributed by atoms with Crippen molar-refractivity contribution in [2.45, 2.75) is 6.18 Å². The number of nitrogens with zero attached hydrogens (tertiary/aromatic N) is 1. The van der Waals surface area contributed by atoms with Gasteiger partial charge in [-0.15, -0.1) is 0 Å². The number of carbonyl (C=O) groups excluding carboxylic acids is 1. The Balaban J connectivity index is 3.03. The molecule has 1 aromatic rings. The second-order valence-corrected chi connectivity index (χ2v) is 3.37. The molecule has 0 spiro atoms. The van der Waals surface area contributed by atoms with E-state index in [1.807, 2.05) is 0 Å². The number of alkyl halides is 3. The van der Waals surface area contributed by atoms with Crippen molar-refractivity contribution < 1.29 is 18.0 Å². The Morgan fingerprint density at radius 1 is 1.33 bits per heavy atom. The van der Waals surface area contributed by atoms with Gasteiger partial charge in [0.05, 0.1) is 5.56 Å². The zero-order chi connectivity index (χ0) is 13.8. The number of likely N-dealkylation sites (N-methyl/N-ethyl adjacent to an activating group) is 1. The summed E-state index contributed by atoms with van der Waals surface area (Å²) in [6.45, 7) is 0. The number of carbonyl (C=O) groups is 1. The van der Waals surface area contributed by atoms with E-state index in [1.165, 1.54) is 25.3 Å². The number of benzene rings is 1. The lowest BCUT2D eigenvalue weighted by Gasteiger charge is -2.06. The van der Waals surface area contributed by atoms with Gasteiger partial charge in [0.15, 0.2) is 0 Å². The van der Waals surface area contributed by atoms with Gasteiger partial charge in [-0.05, 0) is 23.8 Å². The molecule has 6 heteroatoms. The first kappa shape index (κ1) is 13.8. The summed E-state index contributed by atoms with van der Waals surface area (Å²) in [5.41, 5.74) is -0.599. The van der Waals surface area contributed by atoms with E-state index in [4.69, 9.17) is 5.26 Å². The maximum absolute atomic E-state index is 12.3. The van der Waals surface area contributed by atoms with E-state index < -0.39 is 17.6 Å². The summed E-state index contributed by atoms with van der Waals surface area (Å²) in [4.78, 5) is 11.2. The second kappa shape index (κ2) is 5.36. The van der Waals surface area contributed by atoms with E-state index in [0.717, 1.165) is 12.1 Å². The molecule has 0 aliphatic heterocycles.